The molecule has 65 heavy (non-hydrogen) atoms. The summed E-state index contributed by atoms with van der Waals surface area (Å²) in [5.74, 6) is 1.50. The molecule has 10 rings (SSSR count). The molecule has 0 unspecified atom stereocenters. The Balaban J connectivity index is 1.16. The van der Waals surface area contributed by atoms with Gasteiger partial charge in [0, 0.05) is 40.2 Å². The van der Waals surface area contributed by atoms with Crippen molar-refractivity contribution in [3.8, 4) is 50.9 Å². The van der Waals surface area contributed by atoms with Gasteiger partial charge in [-0.3, -0.25) is 4.57 Å². The summed E-state index contributed by atoms with van der Waals surface area (Å²) in [5.41, 5.74) is 8.96. The number of hydrogen-bond donors (Lipinski definition) is 0. The highest BCUT2D eigenvalue weighted by Gasteiger charge is 2.28. The number of pyridine rings is 1. The average Bonchev–Trinajstić information content (AvgIpc) is 3.94. The van der Waals surface area contributed by atoms with Gasteiger partial charge in [-0.05, 0) is 98.6 Å². The van der Waals surface area contributed by atoms with E-state index < -0.39 is 18.1 Å². The third-order valence-electron chi connectivity index (χ3n) is 12.2. The Morgan fingerprint density at radius 2 is 1.18 bits per heavy atom. The Morgan fingerprint density at radius 1 is 0.523 bits per heavy atom. The van der Waals surface area contributed by atoms with E-state index in [-0.39, 0.29) is 58.1 Å². The van der Waals surface area contributed by atoms with Crippen LogP contribution in [-0.2, 0) is 16.2 Å². The van der Waals surface area contributed by atoms with E-state index in [2.05, 4.69) is 85.1 Å². The van der Waals surface area contributed by atoms with Crippen molar-refractivity contribution >= 4 is 32.8 Å². The molecule has 0 atom stereocenters. The summed E-state index contributed by atoms with van der Waals surface area (Å²) in [6, 6.07) is 34.6. The van der Waals surface area contributed by atoms with Crippen LogP contribution in [0, 0.1) is 0 Å². The van der Waals surface area contributed by atoms with E-state index in [0.717, 1.165) is 44.5 Å². The van der Waals surface area contributed by atoms with E-state index in [1.54, 1.807) is 16.8 Å². The van der Waals surface area contributed by atoms with Gasteiger partial charge in [-0.2, -0.15) is 9.13 Å². The minimum atomic E-state index is -0.458. The Hall–Kier alpha value is -7.24. The Labute approximate surface area is 395 Å². The molecule has 0 spiro atoms. The van der Waals surface area contributed by atoms with Crippen molar-refractivity contribution in [2.24, 2.45) is 0 Å². The molecule has 0 fully saturated rings. The third-order valence-corrected chi connectivity index (χ3v) is 12.2. The summed E-state index contributed by atoms with van der Waals surface area (Å²) in [5, 5.41) is 1.02. The quantitative estimate of drug-likeness (QED) is 0.150. The van der Waals surface area contributed by atoms with Crippen LogP contribution in [-0.4, -0.2) is 14.1 Å². The van der Waals surface area contributed by atoms with Crippen molar-refractivity contribution in [1.29, 1.82) is 0 Å². The smallest absolute Gasteiger partial charge is 0.255 e. The highest BCUT2D eigenvalue weighted by Crippen LogP contribution is 2.40. The molecule has 3 aromatic heterocycles. The lowest BCUT2D eigenvalue weighted by Gasteiger charge is -2.26. The van der Waals surface area contributed by atoms with E-state index in [1.165, 1.54) is 0 Å². The van der Waals surface area contributed by atoms with Crippen molar-refractivity contribution in [2.45, 2.75) is 78.6 Å². The fraction of sp³-hybridized carbons (Fsp3) is 0.200. The van der Waals surface area contributed by atoms with Crippen molar-refractivity contribution < 1.29 is 21.6 Å². The van der Waals surface area contributed by atoms with Crippen LogP contribution in [0.25, 0.3) is 72.3 Å². The summed E-state index contributed by atoms with van der Waals surface area (Å²) < 4.78 is 92.2. The zero-order valence-electron chi connectivity index (χ0n) is 47.3. The van der Waals surface area contributed by atoms with E-state index >= 15 is 0 Å². The first-order valence-corrected chi connectivity index (χ1v) is 22.0. The van der Waals surface area contributed by atoms with Crippen LogP contribution in [0.3, 0.4) is 0 Å². The number of rotatable bonds is 7. The van der Waals surface area contributed by atoms with E-state index in [4.69, 9.17) is 19.3 Å². The molecule has 0 radical (unpaired) electrons. The number of nitrogens with zero attached hydrogens (tertiary/aromatic N) is 4. The van der Waals surface area contributed by atoms with Crippen LogP contribution < -0.4 is 9.30 Å². The highest BCUT2D eigenvalue weighted by atomic mass is 16.5. The number of ether oxygens (including phenoxy) is 1. The van der Waals surface area contributed by atoms with Crippen LogP contribution in [0.15, 0.2) is 182 Å². The lowest BCUT2D eigenvalue weighted by Crippen LogP contribution is -2.31. The van der Waals surface area contributed by atoms with Crippen LogP contribution >= 0.6 is 0 Å². The molecule has 0 N–H and O–H groups in total. The minimum Gasteiger partial charge on any atom is -0.457 e. The van der Waals surface area contributed by atoms with Crippen LogP contribution in [0.5, 0.6) is 11.5 Å². The van der Waals surface area contributed by atoms with Gasteiger partial charge in [0.05, 0.1) is 23.4 Å². The second-order valence-corrected chi connectivity index (χ2v) is 19.8. The molecule has 0 bridgehead atoms. The molecule has 7 aromatic carbocycles. The van der Waals surface area contributed by atoms with Gasteiger partial charge in [0.15, 0.2) is 11.0 Å². The summed E-state index contributed by atoms with van der Waals surface area (Å²) in [4.78, 5) is 4.74. The maximum absolute atomic E-state index is 9.22. The van der Waals surface area contributed by atoms with E-state index in [0.29, 0.717) is 50.4 Å². The molecule has 0 saturated carbocycles. The summed E-state index contributed by atoms with van der Waals surface area (Å²) in [6.45, 7) is 19.5. The van der Waals surface area contributed by atoms with Gasteiger partial charge < -0.3 is 4.74 Å². The van der Waals surface area contributed by atoms with Crippen LogP contribution in [0.2, 0.25) is 0 Å². The van der Waals surface area contributed by atoms with Crippen molar-refractivity contribution in [3.05, 3.63) is 199 Å². The highest BCUT2D eigenvalue weighted by molar-refractivity contribution is 6.09. The standard InChI is InChI=1S/C60H57N4O/c1-58(2,3)42-31-32-61-56(36-42)64-52-26-14-13-23-50(52)51-30-29-47(38-55(51)64)65-46-22-17-21-45(37-46)62-39-63(54-28-16-15-27-53(54)62)57-48(40-19-11-10-12-20-40)24-18-25-49(57)41-33-43(59(4,5)6)35-44(34-41)60(7,8)9/h10-39H,1-9H3/q+1/i10D,11D,12D,13D,14D,19D,20D,23D,26D. The molecule has 0 aliphatic carbocycles. The maximum Gasteiger partial charge on any atom is 0.255 e. The molecular weight excluding hydrogens is 793 g/mol. The van der Waals surface area contributed by atoms with Gasteiger partial charge in [-0.15, -0.1) is 0 Å². The Bertz CT molecular complexity index is 3890. The van der Waals surface area contributed by atoms with Crippen molar-refractivity contribution in [2.75, 3.05) is 0 Å². The summed E-state index contributed by atoms with van der Waals surface area (Å²) in [7, 11) is 0. The second kappa shape index (κ2) is 15.8. The minimum absolute atomic E-state index is 0.0995. The van der Waals surface area contributed by atoms with Gasteiger partial charge >= 0.3 is 0 Å². The predicted octanol–water partition coefficient (Wildman–Crippen LogP) is 15.4. The first-order valence-electron chi connectivity index (χ1n) is 26.5. The number of imidazole rings is 1. The predicted molar refractivity (Wildman–Crippen MR) is 270 cm³/mol. The number of hydrogen-bond acceptors (Lipinski definition) is 2. The fourth-order valence-electron chi connectivity index (χ4n) is 8.61. The molecule has 5 nitrogen and oxygen atoms in total. The Kier molecular flexibility index (Phi) is 7.87. The van der Waals surface area contributed by atoms with Crippen LogP contribution in [0.4, 0.5) is 0 Å². The number of fused-ring (bicyclic) bond motifs is 4. The lowest BCUT2D eigenvalue weighted by atomic mass is 9.78. The molecule has 0 saturated heterocycles. The summed E-state index contributed by atoms with van der Waals surface area (Å²) >= 11 is 0. The molecular formula is C60H57N4O+. The van der Waals surface area contributed by atoms with E-state index in [9.17, 15) is 2.74 Å². The molecule has 10 aromatic rings. The van der Waals surface area contributed by atoms with Gasteiger partial charge in [0.25, 0.3) is 6.33 Å². The monoisotopic (exact) mass is 859 g/mol. The van der Waals surface area contributed by atoms with Crippen molar-refractivity contribution in [1.82, 2.24) is 14.1 Å². The fourth-order valence-corrected chi connectivity index (χ4v) is 8.61. The number of benzene rings is 7. The second-order valence-electron chi connectivity index (χ2n) is 19.8. The molecule has 322 valence electrons. The summed E-state index contributed by atoms with van der Waals surface area (Å²) in [6.07, 6.45) is 3.70. The molecule has 5 heteroatoms. The van der Waals surface area contributed by atoms with Crippen molar-refractivity contribution in [3.63, 3.8) is 0 Å². The van der Waals surface area contributed by atoms with Gasteiger partial charge in [0.2, 0.25) is 0 Å². The Morgan fingerprint density at radius 3 is 1.92 bits per heavy atom. The number of para-hydroxylation sites is 4. The van der Waals surface area contributed by atoms with Gasteiger partial charge in [-0.25, -0.2) is 4.98 Å². The third kappa shape index (κ3) is 7.80. The lowest BCUT2D eigenvalue weighted by molar-refractivity contribution is -0.566. The molecule has 0 aliphatic rings. The van der Waals surface area contributed by atoms with Gasteiger partial charge in [-0.1, -0.05) is 165 Å². The van der Waals surface area contributed by atoms with Gasteiger partial charge in [0.1, 0.15) is 28.7 Å². The normalized spacial score (nSPS) is 14.3. The molecule has 0 amide bonds. The topological polar surface area (TPSA) is 35.9 Å². The average molecular weight is 859 g/mol. The SMILES string of the molecule is [2H]c1c([2H])c([2H])c(-c2cccc(-c3cc(C(C)(C)C)cc(C(C)(C)C)c3)c2-[n+]2cn(-c3cccc(Oc4ccc5c6c([2H])c([2H])c([2H])c([2H])c6n(-c6cc(C(C)(C)C)ccn6)c5c4)c3)c3ccccc32)c([2H])c1[2H]. The first kappa shape index (κ1) is 32.4. The number of aromatic nitrogens is 4. The molecule has 3 heterocycles. The first-order chi connectivity index (χ1) is 34.8. The maximum atomic E-state index is 9.22. The van der Waals surface area contributed by atoms with E-state index in [1.807, 2.05) is 102 Å². The zero-order chi connectivity index (χ0) is 53.1. The molecule has 0 aliphatic heterocycles. The van der Waals surface area contributed by atoms with Crippen LogP contribution in [0.1, 0.15) is 91.3 Å². The largest absolute Gasteiger partial charge is 0.457 e. The zero-order valence-corrected chi connectivity index (χ0v) is 38.3.